The molecule has 0 atom stereocenters. The van der Waals surface area contributed by atoms with E-state index in [4.69, 9.17) is 9.97 Å². The predicted molar refractivity (Wildman–Crippen MR) is 145 cm³/mol. The van der Waals surface area contributed by atoms with Crippen molar-refractivity contribution in [1.82, 2.24) is 35.0 Å². The van der Waals surface area contributed by atoms with E-state index in [0.29, 0.717) is 33.9 Å². The average molecular weight is 507 g/mol. The molecule has 0 fully saturated rings. The van der Waals surface area contributed by atoms with Crippen LogP contribution in [0.3, 0.4) is 0 Å². The molecule has 0 aliphatic rings. The van der Waals surface area contributed by atoms with Crippen molar-refractivity contribution in [2.45, 2.75) is 0 Å². The van der Waals surface area contributed by atoms with Crippen LogP contribution in [0.1, 0.15) is 0 Å². The molecular weight excluding hydrogens is 483 g/mol. The third-order valence-electron chi connectivity index (χ3n) is 6.06. The molecule has 0 aliphatic heterocycles. The minimum atomic E-state index is -0.305. The summed E-state index contributed by atoms with van der Waals surface area (Å²) in [5, 5.41) is 10.4. The minimum Gasteiger partial charge on any atom is -0.336 e. The fourth-order valence-electron chi connectivity index (χ4n) is 4.39. The van der Waals surface area contributed by atoms with Crippen molar-refractivity contribution in [3.8, 4) is 33.9 Å². The monoisotopic (exact) mass is 506 g/mol. The van der Waals surface area contributed by atoms with Gasteiger partial charge in [-0.2, -0.15) is 5.10 Å². The lowest BCUT2D eigenvalue weighted by Crippen LogP contribution is -2.27. The number of imidazole rings is 1. The highest BCUT2D eigenvalue weighted by molar-refractivity contribution is 5.96. The molecule has 3 N–H and O–H groups in total. The highest BCUT2D eigenvalue weighted by Gasteiger charge is 2.17. The number of anilines is 1. The molecule has 6 rings (SSSR count). The van der Waals surface area contributed by atoms with E-state index in [2.05, 4.69) is 25.5 Å². The number of H-pyrrole nitrogens is 2. The maximum atomic E-state index is 13.9. The van der Waals surface area contributed by atoms with Crippen LogP contribution in [-0.4, -0.2) is 61.6 Å². The van der Waals surface area contributed by atoms with Crippen molar-refractivity contribution in [3.63, 3.8) is 0 Å². The van der Waals surface area contributed by atoms with Gasteiger partial charge in [-0.15, -0.1) is 0 Å². The number of nitrogens with zero attached hydrogens (tertiary/aromatic N) is 5. The Kier molecular flexibility index (Phi) is 5.85. The summed E-state index contributed by atoms with van der Waals surface area (Å²) in [6.45, 7) is 0.269. The number of aromatic nitrogens is 6. The van der Waals surface area contributed by atoms with Gasteiger partial charge in [0.15, 0.2) is 11.5 Å². The lowest BCUT2D eigenvalue weighted by atomic mass is 10.0. The number of carbonyl (C=O) groups is 1. The van der Waals surface area contributed by atoms with E-state index in [-0.39, 0.29) is 18.3 Å². The SMILES string of the molecule is CN(C)CC(=O)Nc1cncc(-c2ccc3[nH]nc(-c4nc5c(-c6cccc(F)c6)cccc5[nH]4)c3n2)c1. The summed E-state index contributed by atoms with van der Waals surface area (Å²) in [6, 6.07) is 17.8. The van der Waals surface area contributed by atoms with Crippen LogP contribution in [0.25, 0.3) is 56.0 Å². The van der Waals surface area contributed by atoms with Crippen molar-refractivity contribution in [2.24, 2.45) is 0 Å². The van der Waals surface area contributed by atoms with Crippen LogP contribution >= 0.6 is 0 Å². The fraction of sp³-hybridized carbons (Fsp3) is 0.107. The van der Waals surface area contributed by atoms with Crippen LogP contribution in [0.5, 0.6) is 0 Å². The fourth-order valence-corrected chi connectivity index (χ4v) is 4.39. The van der Waals surface area contributed by atoms with Gasteiger partial charge in [0.05, 0.1) is 40.7 Å². The minimum absolute atomic E-state index is 0.128. The van der Waals surface area contributed by atoms with Gasteiger partial charge in [-0.05, 0) is 56.1 Å². The van der Waals surface area contributed by atoms with Gasteiger partial charge < -0.3 is 15.2 Å². The van der Waals surface area contributed by atoms with Crippen molar-refractivity contribution in [2.75, 3.05) is 26.0 Å². The number of benzene rings is 2. The predicted octanol–water partition coefficient (Wildman–Crippen LogP) is 4.87. The van der Waals surface area contributed by atoms with Crippen LogP contribution in [0, 0.1) is 5.82 Å². The molecule has 188 valence electrons. The van der Waals surface area contributed by atoms with Gasteiger partial charge >= 0.3 is 0 Å². The zero-order valence-corrected chi connectivity index (χ0v) is 20.7. The van der Waals surface area contributed by atoms with Gasteiger partial charge in [-0.1, -0.05) is 24.3 Å². The zero-order chi connectivity index (χ0) is 26.2. The largest absolute Gasteiger partial charge is 0.336 e. The number of hydrogen-bond acceptors (Lipinski definition) is 6. The van der Waals surface area contributed by atoms with Crippen molar-refractivity contribution in [1.29, 1.82) is 0 Å². The molecule has 0 radical (unpaired) electrons. The molecule has 4 aromatic heterocycles. The number of hydrogen-bond donors (Lipinski definition) is 3. The summed E-state index contributed by atoms with van der Waals surface area (Å²) in [4.78, 5) is 31.2. The lowest BCUT2D eigenvalue weighted by molar-refractivity contribution is -0.116. The van der Waals surface area contributed by atoms with E-state index < -0.39 is 0 Å². The molecule has 0 saturated heterocycles. The summed E-state index contributed by atoms with van der Waals surface area (Å²) in [6.07, 6.45) is 3.30. The molecule has 9 nitrogen and oxygen atoms in total. The third kappa shape index (κ3) is 4.48. The molecule has 10 heteroatoms. The Hall–Kier alpha value is -4.96. The first-order valence-corrected chi connectivity index (χ1v) is 11.9. The summed E-state index contributed by atoms with van der Waals surface area (Å²) in [5.74, 6) is 0.112. The Bertz CT molecular complexity index is 1810. The van der Waals surface area contributed by atoms with E-state index in [9.17, 15) is 9.18 Å². The van der Waals surface area contributed by atoms with Gasteiger partial charge in [0, 0.05) is 17.3 Å². The second-order valence-corrected chi connectivity index (χ2v) is 9.21. The maximum absolute atomic E-state index is 13.9. The molecule has 0 bridgehead atoms. The van der Waals surface area contributed by atoms with Crippen LogP contribution in [0.15, 0.2) is 73.1 Å². The molecule has 0 spiro atoms. The number of para-hydroxylation sites is 1. The number of pyridine rings is 2. The summed E-state index contributed by atoms with van der Waals surface area (Å²) < 4.78 is 13.9. The second-order valence-electron chi connectivity index (χ2n) is 9.21. The summed E-state index contributed by atoms with van der Waals surface area (Å²) in [7, 11) is 3.67. The van der Waals surface area contributed by atoms with Crippen LogP contribution < -0.4 is 5.32 Å². The first kappa shape index (κ1) is 23.4. The highest BCUT2D eigenvalue weighted by Crippen LogP contribution is 2.32. The molecular formula is C28H23FN8O. The normalized spacial score (nSPS) is 11.5. The van der Waals surface area contributed by atoms with E-state index >= 15 is 0 Å². The smallest absolute Gasteiger partial charge is 0.238 e. The second kappa shape index (κ2) is 9.49. The Balaban J connectivity index is 1.38. The van der Waals surface area contributed by atoms with Crippen molar-refractivity contribution < 1.29 is 9.18 Å². The van der Waals surface area contributed by atoms with E-state index in [1.54, 1.807) is 23.4 Å². The molecule has 4 heterocycles. The van der Waals surface area contributed by atoms with E-state index in [1.165, 1.54) is 12.1 Å². The molecule has 0 saturated carbocycles. The van der Waals surface area contributed by atoms with E-state index in [0.717, 1.165) is 27.7 Å². The van der Waals surface area contributed by atoms with Gasteiger partial charge in [0.1, 0.15) is 11.3 Å². The Morgan fingerprint density at radius 3 is 2.66 bits per heavy atom. The first-order chi connectivity index (χ1) is 18.4. The maximum Gasteiger partial charge on any atom is 0.238 e. The number of fused-ring (bicyclic) bond motifs is 2. The number of nitrogens with one attached hydrogen (secondary N) is 3. The van der Waals surface area contributed by atoms with Gasteiger partial charge in [-0.3, -0.25) is 14.9 Å². The van der Waals surface area contributed by atoms with Crippen LogP contribution in [-0.2, 0) is 4.79 Å². The molecule has 1 amide bonds. The number of halogens is 1. The van der Waals surface area contributed by atoms with E-state index in [1.807, 2.05) is 56.6 Å². The zero-order valence-electron chi connectivity index (χ0n) is 20.7. The number of aromatic amines is 2. The standard InChI is InChI=1S/C28H23FN8O/c1-37(2)15-24(38)31-19-12-17(13-30-14-19)21-9-10-23-26(32-21)27(36-35-23)28-33-22-8-4-7-20(25(22)34-28)16-5-3-6-18(29)11-16/h3-14H,15H2,1-2H3,(H,31,38)(H,33,34)(H,35,36). The van der Waals surface area contributed by atoms with Crippen LogP contribution in [0.2, 0.25) is 0 Å². The van der Waals surface area contributed by atoms with Gasteiger partial charge in [0.2, 0.25) is 5.91 Å². The Morgan fingerprint density at radius 1 is 0.947 bits per heavy atom. The van der Waals surface area contributed by atoms with Crippen molar-refractivity contribution in [3.05, 3.63) is 78.9 Å². The summed E-state index contributed by atoms with van der Waals surface area (Å²) in [5.41, 5.74) is 7.03. The van der Waals surface area contributed by atoms with Gasteiger partial charge in [0.25, 0.3) is 0 Å². The Labute approximate surface area is 216 Å². The number of amides is 1. The first-order valence-electron chi connectivity index (χ1n) is 11.9. The molecule has 2 aromatic carbocycles. The molecule has 6 aromatic rings. The molecule has 0 aliphatic carbocycles. The topological polar surface area (TPSA) is 115 Å². The Morgan fingerprint density at radius 2 is 1.82 bits per heavy atom. The average Bonchev–Trinajstić information content (AvgIpc) is 3.52. The lowest BCUT2D eigenvalue weighted by Gasteiger charge is -2.10. The number of carbonyl (C=O) groups excluding carboxylic acids is 1. The molecule has 38 heavy (non-hydrogen) atoms. The quantitative estimate of drug-likeness (QED) is 0.297. The van der Waals surface area contributed by atoms with Crippen LogP contribution in [0.4, 0.5) is 10.1 Å². The van der Waals surface area contributed by atoms with Gasteiger partial charge in [-0.25, -0.2) is 14.4 Å². The summed E-state index contributed by atoms with van der Waals surface area (Å²) >= 11 is 0. The third-order valence-corrected chi connectivity index (χ3v) is 6.06. The number of likely N-dealkylation sites (N-methyl/N-ethyl adjacent to an activating group) is 1. The highest BCUT2D eigenvalue weighted by atomic mass is 19.1. The molecule has 0 unspecified atom stereocenters. The van der Waals surface area contributed by atoms with Crippen molar-refractivity contribution >= 4 is 33.7 Å². The number of rotatable bonds is 6.